The van der Waals surface area contributed by atoms with Gasteiger partial charge in [0.05, 0.1) is 6.10 Å². The molecule has 3 saturated carbocycles. The maximum atomic E-state index is 12.6. The number of fused-ring (bicyclic) bond motifs is 3. The zero-order valence-electron chi connectivity index (χ0n) is 14.5. The molecule has 2 heteroatoms. The molecule has 22 heavy (non-hydrogen) atoms. The molecule has 0 heterocycles. The molecule has 3 fully saturated rings. The first-order valence-corrected chi connectivity index (χ1v) is 9.15. The molecule has 0 aromatic carbocycles. The Kier molecular flexibility index (Phi) is 2.89. The van der Waals surface area contributed by atoms with E-state index in [1.165, 1.54) is 18.4 Å². The number of hydrogen-bond donors (Lipinski definition) is 1. The summed E-state index contributed by atoms with van der Waals surface area (Å²) in [6.45, 7) is 9.26. The summed E-state index contributed by atoms with van der Waals surface area (Å²) in [6, 6.07) is 0. The van der Waals surface area contributed by atoms with Crippen LogP contribution in [0.2, 0.25) is 0 Å². The lowest BCUT2D eigenvalue weighted by Crippen LogP contribution is -2.57. The highest BCUT2D eigenvalue weighted by Gasteiger charge is 2.64. The quantitative estimate of drug-likeness (QED) is 0.730. The Labute approximate surface area is 134 Å². The summed E-state index contributed by atoms with van der Waals surface area (Å²) < 4.78 is 0. The summed E-state index contributed by atoms with van der Waals surface area (Å²) in [4.78, 5) is 12.6. The van der Waals surface area contributed by atoms with Crippen LogP contribution in [0, 0.1) is 34.0 Å². The predicted molar refractivity (Wildman–Crippen MR) is 87.3 cm³/mol. The molecule has 6 atom stereocenters. The molecule has 4 aliphatic carbocycles. The first-order chi connectivity index (χ1) is 10.2. The van der Waals surface area contributed by atoms with Crippen LogP contribution >= 0.6 is 0 Å². The third-order valence-electron chi connectivity index (χ3n) is 8.15. The molecule has 0 aliphatic heterocycles. The van der Waals surface area contributed by atoms with E-state index < -0.39 is 0 Å². The van der Waals surface area contributed by atoms with Gasteiger partial charge < -0.3 is 5.11 Å². The molecular formula is C20H30O2. The van der Waals surface area contributed by atoms with Crippen molar-refractivity contribution in [2.24, 2.45) is 34.0 Å². The van der Waals surface area contributed by atoms with E-state index in [-0.39, 0.29) is 28.3 Å². The Morgan fingerprint density at radius 1 is 1.14 bits per heavy atom. The van der Waals surface area contributed by atoms with Gasteiger partial charge >= 0.3 is 0 Å². The fraction of sp³-hybridized carbons (Fsp3) is 0.850. The highest BCUT2D eigenvalue weighted by Crippen LogP contribution is 2.70. The van der Waals surface area contributed by atoms with Gasteiger partial charge in [0.25, 0.3) is 0 Å². The van der Waals surface area contributed by atoms with Crippen LogP contribution in [0.25, 0.3) is 0 Å². The lowest BCUT2D eigenvalue weighted by atomic mass is 9.43. The molecule has 0 amide bonds. The Balaban J connectivity index is 1.86. The molecule has 2 bridgehead atoms. The van der Waals surface area contributed by atoms with Gasteiger partial charge in [-0.15, -0.1) is 0 Å². The number of ketones is 1. The third-order valence-corrected chi connectivity index (χ3v) is 8.15. The summed E-state index contributed by atoms with van der Waals surface area (Å²) in [5, 5.41) is 11.0. The SMILES string of the molecule is C[C@H]1C[C@@]23CC[C@@H]4C(C)(C)CC[C@H](O)[C@@]4(C)C2=CC(=O)[C@@H]1C3. The summed E-state index contributed by atoms with van der Waals surface area (Å²) in [5.74, 6) is 1.60. The second-order valence-electron chi connectivity index (χ2n) is 9.65. The van der Waals surface area contributed by atoms with E-state index in [1.807, 2.05) is 6.08 Å². The van der Waals surface area contributed by atoms with Gasteiger partial charge in [-0.1, -0.05) is 33.3 Å². The molecule has 0 saturated heterocycles. The summed E-state index contributed by atoms with van der Waals surface area (Å²) in [7, 11) is 0. The van der Waals surface area contributed by atoms with E-state index in [2.05, 4.69) is 27.7 Å². The van der Waals surface area contributed by atoms with E-state index in [0.29, 0.717) is 17.6 Å². The topological polar surface area (TPSA) is 37.3 Å². The number of rotatable bonds is 0. The number of allylic oxidation sites excluding steroid dienone is 1. The Bertz CT molecular complexity index is 560. The standard InChI is InChI=1S/C20H30O2/c1-12-10-20-8-5-15-18(2,3)7-6-17(22)19(15,4)16(20)9-14(21)13(12)11-20/h9,12-13,15,17,22H,5-8,10-11H2,1-4H3/t12-,13+,15+,17-,19+,20+/m0/s1. The molecule has 4 rings (SSSR count). The average Bonchev–Trinajstić information content (AvgIpc) is 2.72. The summed E-state index contributed by atoms with van der Waals surface area (Å²) >= 11 is 0. The van der Waals surface area contributed by atoms with Gasteiger partial charge in [0.15, 0.2) is 5.78 Å². The first-order valence-electron chi connectivity index (χ1n) is 9.15. The lowest BCUT2D eigenvalue weighted by Gasteiger charge is -2.62. The van der Waals surface area contributed by atoms with Crippen molar-refractivity contribution in [3.8, 4) is 0 Å². The lowest BCUT2D eigenvalue weighted by molar-refractivity contribution is -0.125. The zero-order chi connectivity index (χ0) is 15.9. The van der Waals surface area contributed by atoms with E-state index in [1.54, 1.807) is 0 Å². The Hall–Kier alpha value is -0.630. The van der Waals surface area contributed by atoms with Gasteiger partial charge in [0.1, 0.15) is 0 Å². The minimum absolute atomic E-state index is 0.190. The number of hydrogen-bond acceptors (Lipinski definition) is 2. The van der Waals surface area contributed by atoms with Crippen molar-refractivity contribution in [1.29, 1.82) is 0 Å². The fourth-order valence-corrected chi connectivity index (χ4v) is 7.04. The minimum atomic E-state index is -0.283. The van der Waals surface area contributed by atoms with Crippen molar-refractivity contribution in [1.82, 2.24) is 0 Å². The van der Waals surface area contributed by atoms with Gasteiger partial charge in [0.2, 0.25) is 0 Å². The zero-order valence-corrected chi connectivity index (χ0v) is 14.5. The number of aliphatic hydroxyl groups is 1. The molecule has 1 spiro atoms. The molecule has 4 aliphatic rings. The Morgan fingerprint density at radius 2 is 1.86 bits per heavy atom. The monoisotopic (exact) mass is 302 g/mol. The van der Waals surface area contributed by atoms with Gasteiger partial charge in [-0.2, -0.15) is 0 Å². The predicted octanol–water partition coefficient (Wildman–Crippen LogP) is 4.13. The highest BCUT2D eigenvalue weighted by molar-refractivity contribution is 5.95. The average molecular weight is 302 g/mol. The van der Waals surface area contributed by atoms with E-state index >= 15 is 0 Å². The first kappa shape index (κ1) is 14.9. The van der Waals surface area contributed by atoms with Crippen LogP contribution < -0.4 is 0 Å². The summed E-state index contributed by atoms with van der Waals surface area (Å²) in [5.41, 5.74) is 1.63. The normalized spacial score (nSPS) is 52.8. The number of carbonyl (C=O) groups is 1. The maximum Gasteiger partial charge on any atom is 0.159 e. The minimum Gasteiger partial charge on any atom is -0.392 e. The highest BCUT2D eigenvalue weighted by atomic mass is 16.3. The van der Waals surface area contributed by atoms with Gasteiger partial charge in [-0.05, 0) is 67.3 Å². The van der Waals surface area contributed by atoms with E-state index in [0.717, 1.165) is 25.7 Å². The second kappa shape index (κ2) is 4.26. The van der Waals surface area contributed by atoms with Gasteiger partial charge in [0, 0.05) is 11.3 Å². The maximum absolute atomic E-state index is 12.6. The van der Waals surface area contributed by atoms with Crippen LogP contribution in [0.15, 0.2) is 11.6 Å². The van der Waals surface area contributed by atoms with Crippen molar-refractivity contribution in [2.45, 2.75) is 72.3 Å². The largest absolute Gasteiger partial charge is 0.392 e. The van der Waals surface area contributed by atoms with Gasteiger partial charge in [-0.25, -0.2) is 0 Å². The van der Waals surface area contributed by atoms with Crippen molar-refractivity contribution < 1.29 is 9.90 Å². The number of aliphatic hydroxyl groups excluding tert-OH is 1. The molecule has 122 valence electrons. The van der Waals surface area contributed by atoms with E-state index in [4.69, 9.17) is 0 Å². The van der Waals surface area contributed by atoms with Crippen molar-refractivity contribution >= 4 is 5.78 Å². The molecule has 0 radical (unpaired) electrons. The van der Waals surface area contributed by atoms with Crippen LogP contribution in [0.4, 0.5) is 0 Å². The van der Waals surface area contributed by atoms with E-state index in [9.17, 15) is 9.90 Å². The summed E-state index contributed by atoms with van der Waals surface area (Å²) in [6.07, 6.45) is 8.33. The molecule has 0 aromatic heterocycles. The molecule has 1 N–H and O–H groups in total. The van der Waals surface area contributed by atoms with Crippen molar-refractivity contribution in [2.75, 3.05) is 0 Å². The van der Waals surface area contributed by atoms with Crippen molar-refractivity contribution in [3.05, 3.63) is 11.6 Å². The smallest absolute Gasteiger partial charge is 0.159 e. The third kappa shape index (κ3) is 1.63. The molecule has 0 aromatic rings. The second-order valence-corrected chi connectivity index (χ2v) is 9.65. The van der Waals surface area contributed by atoms with Gasteiger partial charge in [-0.3, -0.25) is 4.79 Å². The van der Waals surface area contributed by atoms with Crippen molar-refractivity contribution in [3.63, 3.8) is 0 Å². The van der Waals surface area contributed by atoms with Crippen LogP contribution in [0.5, 0.6) is 0 Å². The van der Waals surface area contributed by atoms with Crippen LogP contribution in [-0.4, -0.2) is 17.0 Å². The van der Waals surface area contributed by atoms with Crippen LogP contribution in [-0.2, 0) is 4.79 Å². The molecule has 2 nitrogen and oxygen atoms in total. The Morgan fingerprint density at radius 3 is 2.59 bits per heavy atom. The van der Waals surface area contributed by atoms with Crippen LogP contribution in [0.1, 0.15) is 66.2 Å². The molecular weight excluding hydrogens is 272 g/mol. The molecule has 0 unspecified atom stereocenters. The number of carbonyl (C=O) groups excluding carboxylic acids is 1. The fourth-order valence-electron chi connectivity index (χ4n) is 7.04. The van der Waals surface area contributed by atoms with Crippen LogP contribution in [0.3, 0.4) is 0 Å².